The lowest BCUT2D eigenvalue weighted by atomic mass is 10.2. The van der Waals surface area contributed by atoms with Crippen LogP contribution in [0.1, 0.15) is 0 Å². The molecule has 0 atom stereocenters. The Hall–Kier alpha value is -3.75. The van der Waals surface area contributed by atoms with Crippen LogP contribution in [0.2, 0.25) is 0 Å². The molecule has 0 amide bonds. The summed E-state index contributed by atoms with van der Waals surface area (Å²) in [5.41, 5.74) is 1.73. The van der Waals surface area contributed by atoms with Crippen molar-refractivity contribution < 1.29 is 18.4 Å². The van der Waals surface area contributed by atoms with Gasteiger partial charge in [-0.3, -0.25) is 0 Å². The number of hydrogen-bond donors (Lipinski definition) is 0. The average molecular weight is 367 g/mol. The lowest BCUT2D eigenvalue weighted by molar-refractivity contribution is 0.393. The van der Waals surface area contributed by atoms with Crippen LogP contribution in [0.3, 0.4) is 0 Å². The highest BCUT2D eigenvalue weighted by Crippen LogP contribution is 2.29. The molecule has 4 rings (SSSR count). The van der Waals surface area contributed by atoms with Gasteiger partial charge >= 0.3 is 0 Å². The maximum atomic E-state index is 13.0. The summed E-state index contributed by atoms with van der Waals surface area (Å²) in [4.78, 5) is 4.36. The van der Waals surface area contributed by atoms with Crippen LogP contribution < -0.4 is 9.47 Å². The fraction of sp³-hybridized carbons (Fsp3) is 0.111. The predicted octanol–water partition coefficient (Wildman–Crippen LogP) is 3.14. The summed E-state index contributed by atoms with van der Waals surface area (Å²) in [5, 5.41) is 12.0. The van der Waals surface area contributed by atoms with E-state index in [-0.39, 0.29) is 11.6 Å². The molecule has 0 saturated carbocycles. The van der Waals surface area contributed by atoms with Gasteiger partial charge in [0.15, 0.2) is 5.69 Å². The van der Waals surface area contributed by atoms with Crippen molar-refractivity contribution in [2.75, 3.05) is 14.2 Å². The third-order valence-electron chi connectivity index (χ3n) is 3.84. The summed E-state index contributed by atoms with van der Waals surface area (Å²) < 4.78 is 30.4. The van der Waals surface area contributed by atoms with Gasteiger partial charge in [0.25, 0.3) is 5.89 Å². The maximum Gasteiger partial charge on any atom is 0.258 e. The Balaban J connectivity index is 1.64. The Morgan fingerprint density at radius 1 is 1.00 bits per heavy atom. The van der Waals surface area contributed by atoms with E-state index < -0.39 is 0 Å². The molecule has 0 bridgehead atoms. The van der Waals surface area contributed by atoms with Gasteiger partial charge in [0.1, 0.15) is 17.3 Å². The van der Waals surface area contributed by atoms with Gasteiger partial charge in [0.05, 0.1) is 26.1 Å². The van der Waals surface area contributed by atoms with E-state index in [9.17, 15) is 4.39 Å². The smallest absolute Gasteiger partial charge is 0.258 e. The van der Waals surface area contributed by atoms with Crippen molar-refractivity contribution in [3.63, 3.8) is 0 Å². The Bertz CT molecular complexity index is 1050. The highest BCUT2D eigenvalue weighted by Gasteiger charge is 2.16. The van der Waals surface area contributed by atoms with E-state index in [2.05, 4.69) is 20.5 Å². The molecular weight excluding hydrogens is 353 g/mol. The van der Waals surface area contributed by atoms with Gasteiger partial charge in [0.2, 0.25) is 5.82 Å². The highest BCUT2D eigenvalue weighted by molar-refractivity contribution is 5.61. The molecule has 8 nitrogen and oxygen atoms in total. The molecule has 0 aliphatic carbocycles. The second-order valence-corrected chi connectivity index (χ2v) is 5.55. The minimum absolute atomic E-state index is 0.278. The zero-order valence-electron chi connectivity index (χ0n) is 14.5. The van der Waals surface area contributed by atoms with Gasteiger partial charge in [0, 0.05) is 11.6 Å². The Labute approximate surface area is 153 Å². The number of rotatable bonds is 5. The molecule has 4 aromatic rings. The first kappa shape index (κ1) is 16.7. The molecule has 136 valence electrons. The van der Waals surface area contributed by atoms with E-state index in [0.29, 0.717) is 34.3 Å². The van der Waals surface area contributed by atoms with Crippen molar-refractivity contribution in [2.24, 2.45) is 0 Å². The maximum absolute atomic E-state index is 13.0. The molecule has 0 N–H and O–H groups in total. The third-order valence-corrected chi connectivity index (χ3v) is 3.84. The van der Waals surface area contributed by atoms with Gasteiger partial charge in [-0.25, -0.2) is 9.07 Å². The molecule has 0 aliphatic heterocycles. The van der Waals surface area contributed by atoms with Crippen molar-refractivity contribution >= 4 is 0 Å². The Morgan fingerprint density at radius 2 is 1.70 bits per heavy atom. The molecule has 9 heteroatoms. The van der Waals surface area contributed by atoms with Crippen molar-refractivity contribution in [1.82, 2.24) is 25.1 Å². The fourth-order valence-corrected chi connectivity index (χ4v) is 2.46. The molecular formula is C18H14FN5O3. The molecule has 0 aliphatic rings. The average Bonchev–Trinajstić information content (AvgIpc) is 3.37. The molecule has 0 spiro atoms. The van der Waals surface area contributed by atoms with Crippen LogP contribution in [0.4, 0.5) is 4.39 Å². The zero-order valence-corrected chi connectivity index (χ0v) is 14.5. The first-order valence-electron chi connectivity index (χ1n) is 7.92. The number of ether oxygens (including phenoxy) is 2. The summed E-state index contributed by atoms with van der Waals surface area (Å²) in [5.74, 6) is 1.45. The third kappa shape index (κ3) is 3.34. The number of methoxy groups -OCH3 is 2. The van der Waals surface area contributed by atoms with Crippen LogP contribution in [0.25, 0.3) is 28.7 Å². The van der Waals surface area contributed by atoms with E-state index in [4.69, 9.17) is 14.0 Å². The fourth-order valence-electron chi connectivity index (χ4n) is 2.46. The molecule has 0 radical (unpaired) electrons. The molecule has 2 heterocycles. The van der Waals surface area contributed by atoms with Crippen molar-refractivity contribution in [3.8, 4) is 40.2 Å². The molecule has 2 aromatic heterocycles. The molecule has 0 fully saturated rings. The van der Waals surface area contributed by atoms with Crippen LogP contribution in [0, 0.1) is 5.82 Å². The second kappa shape index (κ2) is 6.87. The Morgan fingerprint density at radius 3 is 2.37 bits per heavy atom. The van der Waals surface area contributed by atoms with E-state index in [1.807, 2.05) is 0 Å². The number of aromatic nitrogens is 5. The van der Waals surface area contributed by atoms with Crippen molar-refractivity contribution in [3.05, 3.63) is 54.5 Å². The van der Waals surface area contributed by atoms with E-state index in [1.165, 1.54) is 16.8 Å². The second-order valence-electron chi connectivity index (χ2n) is 5.55. The molecule has 2 aromatic carbocycles. The Kier molecular flexibility index (Phi) is 4.25. The molecule has 27 heavy (non-hydrogen) atoms. The van der Waals surface area contributed by atoms with Crippen LogP contribution in [0.15, 0.2) is 53.2 Å². The van der Waals surface area contributed by atoms with Crippen LogP contribution in [-0.2, 0) is 0 Å². The quantitative estimate of drug-likeness (QED) is 0.535. The highest BCUT2D eigenvalue weighted by atomic mass is 19.1. The number of nitrogens with zero attached hydrogens (tertiary/aromatic N) is 5. The predicted molar refractivity (Wildman–Crippen MR) is 93.1 cm³/mol. The monoisotopic (exact) mass is 367 g/mol. The summed E-state index contributed by atoms with van der Waals surface area (Å²) in [6.45, 7) is 0. The number of halogens is 1. The molecule has 0 saturated heterocycles. The topological polar surface area (TPSA) is 88.1 Å². The first-order chi connectivity index (χ1) is 13.2. The minimum atomic E-state index is -0.324. The summed E-state index contributed by atoms with van der Waals surface area (Å²) >= 11 is 0. The van der Waals surface area contributed by atoms with Crippen molar-refractivity contribution in [2.45, 2.75) is 0 Å². The van der Waals surface area contributed by atoms with Gasteiger partial charge in [-0.15, -0.1) is 5.10 Å². The lowest BCUT2D eigenvalue weighted by Crippen LogP contribution is -1.94. The summed E-state index contributed by atoms with van der Waals surface area (Å²) in [6, 6.07) is 11.1. The standard InChI is InChI=1S/C18H14FN5O3/c1-25-14-7-11(8-15(9-14)26-2)18-20-17(22-27-18)16-10-24(23-21-16)13-5-3-12(19)4-6-13/h3-10H,1-2H3. The lowest BCUT2D eigenvalue weighted by Gasteiger charge is -2.05. The van der Waals surface area contributed by atoms with E-state index >= 15 is 0 Å². The minimum Gasteiger partial charge on any atom is -0.497 e. The van der Waals surface area contributed by atoms with Gasteiger partial charge in [-0.1, -0.05) is 10.4 Å². The largest absolute Gasteiger partial charge is 0.497 e. The number of benzene rings is 2. The molecule has 0 unspecified atom stereocenters. The first-order valence-corrected chi connectivity index (χ1v) is 7.92. The van der Waals surface area contributed by atoms with E-state index in [1.54, 1.807) is 50.7 Å². The normalized spacial score (nSPS) is 10.8. The van der Waals surface area contributed by atoms with Crippen molar-refractivity contribution in [1.29, 1.82) is 0 Å². The van der Waals surface area contributed by atoms with E-state index in [0.717, 1.165) is 0 Å². The van der Waals surface area contributed by atoms with Crippen LogP contribution >= 0.6 is 0 Å². The SMILES string of the molecule is COc1cc(OC)cc(-c2nc(-c3cn(-c4ccc(F)cc4)nn3)no2)c1. The van der Waals surface area contributed by atoms with Crippen LogP contribution in [-0.4, -0.2) is 39.4 Å². The zero-order chi connectivity index (χ0) is 18.8. The van der Waals surface area contributed by atoms with Gasteiger partial charge in [-0.05, 0) is 36.4 Å². The van der Waals surface area contributed by atoms with Crippen LogP contribution in [0.5, 0.6) is 11.5 Å². The summed E-state index contributed by atoms with van der Waals surface area (Å²) in [7, 11) is 3.12. The number of hydrogen-bond acceptors (Lipinski definition) is 7. The van der Waals surface area contributed by atoms with Gasteiger partial charge in [-0.2, -0.15) is 4.98 Å². The van der Waals surface area contributed by atoms with Gasteiger partial charge < -0.3 is 14.0 Å². The summed E-state index contributed by atoms with van der Waals surface area (Å²) in [6.07, 6.45) is 1.63.